The van der Waals surface area contributed by atoms with Crippen molar-refractivity contribution in [3.05, 3.63) is 0 Å². The fourth-order valence-electron chi connectivity index (χ4n) is 0.944. The minimum Gasteiger partial charge on any atom is -0.354 e. The van der Waals surface area contributed by atoms with E-state index in [1.807, 2.05) is 23.5 Å². The Morgan fingerprint density at radius 1 is 1.55 bits per heavy atom. The van der Waals surface area contributed by atoms with Gasteiger partial charge in [0.2, 0.25) is 5.91 Å². The highest BCUT2D eigenvalue weighted by Gasteiger charge is 2.29. The van der Waals surface area contributed by atoms with E-state index in [2.05, 4.69) is 12.2 Å². The third kappa shape index (κ3) is 2.95. The molecule has 0 radical (unpaired) electrons. The zero-order chi connectivity index (χ0) is 8.32. The molecule has 4 heteroatoms. The van der Waals surface area contributed by atoms with E-state index in [4.69, 9.17) is 0 Å². The first kappa shape index (κ1) is 9.26. The van der Waals surface area contributed by atoms with Crippen LogP contribution < -0.4 is 5.32 Å². The number of hydrogen-bond donors (Lipinski definition) is 1. The Morgan fingerprint density at radius 3 is 2.55 bits per heavy atom. The fourth-order valence-corrected chi connectivity index (χ4v) is 3.66. The van der Waals surface area contributed by atoms with Gasteiger partial charge in [0.25, 0.3) is 0 Å². The van der Waals surface area contributed by atoms with E-state index >= 15 is 0 Å². The Hall–Kier alpha value is 0.170. The third-order valence-corrected chi connectivity index (χ3v) is 4.85. The third-order valence-electron chi connectivity index (χ3n) is 1.56. The Balaban J connectivity index is 2.28. The van der Waals surface area contributed by atoms with E-state index in [-0.39, 0.29) is 9.99 Å². The molecule has 11 heavy (non-hydrogen) atoms. The quantitative estimate of drug-likeness (QED) is 0.714. The highest BCUT2D eigenvalue weighted by molar-refractivity contribution is 8.21. The Labute approximate surface area is 75.9 Å². The molecule has 1 amide bonds. The van der Waals surface area contributed by atoms with E-state index in [9.17, 15) is 4.79 Å². The van der Waals surface area contributed by atoms with Crippen LogP contribution in [0.3, 0.4) is 0 Å². The molecule has 0 saturated carbocycles. The largest absolute Gasteiger partial charge is 0.354 e. The van der Waals surface area contributed by atoms with E-state index < -0.39 is 0 Å². The molecular formula is C7H13NOS2. The van der Waals surface area contributed by atoms with Gasteiger partial charge < -0.3 is 5.32 Å². The van der Waals surface area contributed by atoms with Crippen molar-refractivity contribution in [3.8, 4) is 0 Å². The van der Waals surface area contributed by atoms with Crippen LogP contribution in [-0.4, -0.2) is 28.0 Å². The first-order valence-corrected chi connectivity index (χ1v) is 5.62. The van der Waals surface area contributed by atoms with Crippen molar-refractivity contribution in [2.45, 2.75) is 17.9 Å². The topological polar surface area (TPSA) is 29.1 Å². The zero-order valence-electron chi connectivity index (χ0n) is 6.85. The van der Waals surface area contributed by atoms with Gasteiger partial charge >= 0.3 is 0 Å². The standard InChI is InChI=1S/C7H13NOS2/c1-6(9)8-5-7(2)10-3-4-11-7/h3-5H2,1-2H3,(H,8,9). The van der Waals surface area contributed by atoms with Crippen molar-refractivity contribution in [2.75, 3.05) is 18.1 Å². The maximum atomic E-state index is 10.6. The second-order valence-corrected chi connectivity index (χ2v) is 6.19. The van der Waals surface area contributed by atoms with Gasteiger partial charge in [0.05, 0.1) is 4.08 Å². The lowest BCUT2D eigenvalue weighted by Gasteiger charge is -2.21. The van der Waals surface area contributed by atoms with E-state index in [1.54, 1.807) is 6.92 Å². The molecule has 1 rings (SSSR count). The molecule has 64 valence electrons. The van der Waals surface area contributed by atoms with Crippen LogP contribution in [0.25, 0.3) is 0 Å². The van der Waals surface area contributed by atoms with Crippen molar-refractivity contribution in [1.29, 1.82) is 0 Å². The highest BCUT2D eigenvalue weighted by Crippen LogP contribution is 2.42. The molecule has 0 aliphatic carbocycles. The summed E-state index contributed by atoms with van der Waals surface area (Å²) in [5, 5.41) is 2.85. The minimum atomic E-state index is 0.0688. The van der Waals surface area contributed by atoms with Crippen molar-refractivity contribution in [1.82, 2.24) is 5.32 Å². The first-order chi connectivity index (χ1) is 5.12. The predicted molar refractivity (Wildman–Crippen MR) is 52.0 cm³/mol. The van der Waals surface area contributed by atoms with Crippen LogP contribution in [0.1, 0.15) is 13.8 Å². The molecule has 2 nitrogen and oxygen atoms in total. The number of carbonyl (C=O) groups is 1. The molecule has 0 aromatic carbocycles. The number of nitrogens with one attached hydrogen (secondary N) is 1. The lowest BCUT2D eigenvalue weighted by atomic mass is 10.4. The average Bonchev–Trinajstić information content (AvgIpc) is 2.33. The van der Waals surface area contributed by atoms with Crippen LogP contribution >= 0.6 is 23.5 Å². The smallest absolute Gasteiger partial charge is 0.216 e. The summed E-state index contributed by atoms with van der Waals surface area (Å²) in [6, 6.07) is 0. The summed E-state index contributed by atoms with van der Waals surface area (Å²) in [5.41, 5.74) is 0. The zero-order valence-corrected chi connectivity index (χ0v) is 8.48. The Bertz CT molecular complexity index is 155. The molecule has 0 atom stereocenters. The van der Waals surface area contributed by atoms with Gasteiger partial charge in [0.15, 0.2) is 0 Å². The van der Waals surface area contributed by atoms with Gasteiger partial charge in [-0.05, 0) is 6.92 Å². The molecule has 1 heterocycles. The monoisotopic (exact) mass is 191 g/mol. The number of thioether (sulfide) groups is 2. The van der Waals surface area contributed by atoms with Crippen LogP contribution in [0.5, 0.6) is 0 Å². The van der Waals surface area contributed by atoms with Gasteiger partial charge in [-0.15, -0.1) is 23.5 Å². The summed E-state index contributed by atoms with van der Waals surface area (Å²) in [6.45, 7) is 4.54. The van der Waals surface area contributed by atoms with Gasteiger partial charge in [-0.2, -0.15) is 0 Å². The van der Waals surface area contributed by atoms with Gasteiger partial charge in [-0.1, -0.05) is 0 Å². The molecule has 0 aromatic heterocycles. The summed E-state index contributed by atoms with van der Waals surface area (Å²) < 4.78 is 0.228. The molecule has 0 bridgehead atoms. The Kier molecular flexibility index (Phi) is 3.13. The predicted octanol–water partition coefficient (Wildman–Crippen LogP) is 1.32. The maximum Gasteiger partial charge on any atom is 0.216 e. The van der Waals surface area contributed by atoms with Crippen LogP contribution in [0.4, 0.5) is 0 Å². The maximum absolute atomic E-state index is 10.6. The molecular weight excluding hydrogens is 178 g/mol. The molecule has 0 spiro atoms. The molecule has 0 aromatic rings. The summed E-state index contributed by atoms with van der Waals surface area (Å²) in [4.78, 5) is 10.6. The van der Waals surface area contributed by atoms with Crippen molar-refractivity contribution in [2.24, 2.45) is 0 Å². The molecule has 1 saturated heterocycles. The second-order valence-electron chi connectivity index (χ2n) is 2.74. The summed E-state index contributed by atoms with van der Waals surface area (Å²) in [5.74, 6) is 2.49. The van der Waals surface area contributed by atoms with Gasteiger partial charge in [0, 0.05) is 25.0 Å². The molecule has 1 aliphatic rings. The fraction of sp³-hybridized carbons (Fsp3) is 0.857. The Morgan fingerprint density at radius 2 is 2.09 bits per heavy atom. The minimum absolute atomic E-state index is 0.0688. The molecule has 1 aliphatic heterocycles. The van der Waals surface area contributed by atoms with Crippen LogP contribution in [0.2, 0.25) is 0 Å². The number of amides is 1. The van der Waals surface area contributed by atoms with E-state index in [1.165, 1.54) is 11.5 Å². The molecule has 1 N–H and O–H groups in total. The van der Waals surface area contributed by atoms with Crippen LogP contribution in [-0.2, 0) is 4.79 Å². The SMILES string of the molecule is CC(=O)NCC1(C)SCCS1. The molecule has 0 unspecified atom stereocenters. The van der Waals surface area contributed by atoms with Gasteiger partial charge in [0.1, 0.15) is 0 Å². The number of hydrogen-bond acceptors (Lipinski definition) is 3. The van der Waals surface area contributed by atoms with E-state index in [0.29, 0.717) is 0 Å². The number of carbonyl (C=O) groups excluding carboxylic acids is 1. The molecule has 1 fully saturated rings. The van der Waals surface area contributed by atoms with Crippen LogP contribution in [0, 0.1) is 0 Å². The first-order valence-electron chi connectivity index (χ1n) is 3.65. The number of rotatable bonds is 2. The van der Waals surface area contributed by atoms with E-state index in [0.717, 1.165) is 6.54 Å². The lowest BCUT2D eigenvalue weighted by molar-refractivity contribution is -0.118. The van der Waals surface area contributed by atoms with Crippen molar-refractivity contribution >= 4 is 29.4 Å². The van der Waals surface area contributed by atoms with Crippen molar-refractivity contribution < 1.29 is 4.79 Å². The van der Waals surface area contributed by atoms with Gasteiger partial charge in [-0.25, -0.2) is 0 Å². The summed E-state index contributed by atoms with van der Waals surface area (Å²) in [7, 11) is 0. The normalized spacial score (nSPS) is 21.6. The average molecular weight is 191 g/mol. The van der Waals surface area contributed by atoms with Gasteiger partial charge in [-0.3, -0.25) is 4.79 Å². The van der Waals surface area contributed by atoms with Crippen LogP contribution in [0.15, 0.2) is 0 Å². The highest BCUT2D eigenvalue weighted by atomic mass is 32.2. The lowest BCUT2D eigenvalue weighted by Crippen LogP contribution is -2.33. The van der Waals surface area contributed by atoms with Crippen molar-refractivity contribution in [3.63, 3.8) is 0 Å². The summed E-state index contributed by atoms with van der Waals surface area (Å²) >= 11 is 3.87. The summed E-state index contributed by atoms with van der Waals surface area (Å²) in [6.07, 6.45) is 0. The second kappa shape index (κ2) is 3.72.